The summed E-state index contributed by atoms with van der Waals surface area (Å²) in [6, 6.07) is 5.28. The Kier molecular flexibility index (Phi) is 3.41. The highest BCUT2D eigenvalue weighted by molar-refractivity contribution is 5.67. The van der Waals surface area contributed by atoms with Gasteiger partial charge in [0.15, 0.2) is 0 Å². The molecule has 0 amide bonds. The van der Waals surface area contributed by atoms with Crippen LogP contribution in [0.15, 0.2) is 24.5 Å². The maximum absolute atomic E-state index is 6.09. The number of hydrogen-bond donors (Lipinski definition) is 1. The van der Waals surface area contributed by atoms with E-state index in [-0.39, 0.29) is 0 Å². The van der Waals surface area contributed by atoms with Crippen LogP contribution in [0, 0.1) is 0 Å². The van der Waals surface area contributed by atoms with Gasteiger partial charge in [-0.25, -0.2) is 4.98 Å². The van der Waals surface area contributed by atoms with Crippen LogP contribution in [-0.4, -0.2) is 22.7 Å². The molecule has 2 N–H and O–H groups in total. The Morgan fingerprint density at radius 2 is 2.05 bits per heavy atom. The predicted octanol–water partition coefficient (Wildman–Crippen LogP) is 3.10. The van der Waals surface area contributed by atoms with E-state index in [4.69, 9.17) is 10.5 Å². The fourth-order valence-corrected chi connectivity index (χ4v) is 4.01. The average molecular weight is 297 g/mol. The van der Waals surface area contributed by atoms with Crippen LogP contribution in [0.25, 0.3) is 11.4 Å². The molecule has 1 fully saturated rings. The molecule has 4 rings (SSSR count). The summed E-state index contributed by atoms with van der Waals surface area (Å²) in [6.07, 6.45) is 10.8. The molecule has 2 aromatic rings. The highest BCUT2D eigenvalue weighted by atomic mass is 16.5. The third kappa shape index (κ3) is 2.22. The second kappa shape index (κ2) is 5.43. The van der Waals surface area contributed by atoms with Crippen molar-refractivity contribution in [3.05, 3.63) is 35.7 Å². The van der Waals surface area contributed by atoms with E-state index in [9.17, 15) is 0 Å². The smallest absolute Gasteiger partial charge is 0.143 e. The van der Waals surface area contributed by atoms with Crippen LogP contribution >= 0.6 is 0 Å². The molecule has 0 spiro atoms. The summed E-state index contributed by atoms with van der Waals surface area (Å²) in [6.45, 7) is 0. The van der Waals surface area contributed by atoms with E-state index in [0.717, 1.165) is 42.8 Å². The number of benzene rings is 1. The number of fused-ring (bicyclic) bond motifs is 1. The van der Waals surface area contributed by atoms with Gasteiger partial charge in [-0.1, -0.05) is 0 Å². The van der Waals surface area contributed by atoms with E-state index < -0.39 is 0 Å². The third-order valence-electron chi connectivity index (χ3n) is 5.16. The molecule has 116 valence electrons. The summed E-state index contributed by atoms with van der Waals surface area (Å²) in [5, 5.41) is 0. The molecular formula is C18H23N3O. The lowest BCUT2D eigenvalue weighted by atomic mass is 10.0. The van der Waals surface area contributed by atoms with Crippen molar-refractivity contribution >= 4 is 0 Å². The van der Waals surface area contributed by atoms with Gasteiger partial charge in [-0.2, -0.15) is 0 Å². The number of methoxy groups -OCH3 is 1. The van der Waals surface area contributed by atoms with E-state index in [0.29, 0.717) is 12.1 Å². The van der Waals surface area contributed by atoms with Crippen molar-refractivity contribution in [2.24, 2.45) is 5.73 Å². The van der Waals surface area contributed by atoms with Crippen molar-refractivity contribution in [2.45, 2.75) is 50.6 Å². The molecule has 4 heteroatoms. The van der Waals surface area contributed by atoms with E-state index in [1.54, 1.807) is 7.11 Å². The quantitative estimate of drug-likeness (QED) is 0.947. The van der Waals surface area contributed by atoms with Gasteiger partial charge in [0.2, 0.25) is 0 Å². The Balaban J connectivity index is 1.78. The second-order valence-electron chi connectivity index (χ2n) is 6.56. The fraction of sp³-hybridized carbons (Fsp3) is 0.500. The Morgan fingerprint density at radius 1 is 1.23 bits per heavy atom. The molecule has 2 atom stereocenters. The Morgan fingerprint density at radius 3 is 2.77 bits per heavy atom. The van der Waals surface area contributed by atoms with Gasteiger partial charge in [-0.3, -0.25) is 0 Å². The van der Waals surface area contributed by atoms with E-state index >= 15 is 0 Å². The molecule has 2 aliphatic rings. The van der Waals surface area contributed by atoms with Gasteiger partial charge in [-0.05, 0) is 61.8 Å². The minimum atomic E-state index is 0.321. The zero-order chi connectivity index (χ0) is 15.1. The zero-order valence-corrected chi connectivity index (χ0v) is 13.1. The van der Waals surface area contributed by atoms with Crippen molar-refractivity contribution in [1.82, 2.24) is 9.55 Å². The number of ether oxygens (including phenoxy) is 1. The van der Waals surface area contributed by atoms with E-state index in [1.807, 2.05) is 6.20 Å². The topological polar surface area (TPSA) is 53.1 Å². The zero-order valence-electron chi connectivity index (χ0n) is 13.1. The van der Waals surface area contributed by atoms with Crippen LogP contribution in [0.4, 0.5) is 0 Å². The lowest BCUT2D eigenvalue weighted by molar-refractivity contribution is 0.414. The van der Waals surface area contributed by atoms with Crippen molar-refractivity contribution in [2.75, 3.05) is 7.11 Å². The standard InChI is InChI=1S/C18H23N3O/c1-22-17-10-13-4-2-3-12(13)9-16(17)18-20-7-8-21(18)15-6-5-14(19)11-15/h7-10,14-15H,2-6,11,19H2,1H3/t14-,15+/m0/s1. The van der Waals surface area contributed by atoms with Gasteiger partial charge in [0.05, 0.1) is 12.7 Å². The first-order valence-corrected chi connectivity index (χ1v) is 8.25. The Hall–Kier alpha value is -1.81. The van der Waals surface area contributed by atoms with Crippen molar-refractivity contribution in [1.29, 1.82) is 0 Å². The van der Waals surface area contributed by atoms with Gasteiger partial charge in [0, 0.05) is 24.5 Å². The van der Waals surface area contributed by atoms with Crippen LogP contribution in [0.3, 0.4) is 0 Å². The van der Waals surface area contributed by atoms with E-state index in [2.05, 4.69) is 27.9 Å². The summed E-state index contributed by atoms with van der Waals surface area (Å²) < 4.78 is 7.95. The molecule has 0 aliphatic heterocycles. The van der Waals surface area contributed by atoms with Crippen molar-refractivity contribution in [3.63, 3.8) is 0 Å². The first kappa shape index (κ1) is 13.8. The van der Waals surface area contributed by atoms with Gasteiger partial charge < -0.3 is 15.0 Å². The minimum Gasteiger partial charge on any atom is -0.496 e. The third-order valence-corrected chi connectivity index (χ3v) is 5.16. The fourth-order valence-electron chi connectivity index (χ4n) is 4.01. The lowest BCUT2D eigenvalue weighted by Crippen LogP contribution is -2.16. The number of hydrogen-bond acceptors (Lipinski definition) is 3. The van der Waals surface area contributed by atoms with Crippen LogP contribution in [0.5, 0.6) is 5.75 Å². The molecule has 2 aliphatic carbocycles. The van der Waals surface area contributed by atoms with Gasteiger partial charge in [-0.15, -0.1) is 0 Å². The maximum Gasteiger partial charge on any atom is 0.143 e. The predicted molar refractivity (Wildman–Crippen MR) is 87.1 cm³/mol. The maximum atomic E-state index is 6.09. The Labute approximate surface area is 131 Å². The highest BCUT2D eigenvalue weighted by Crippen LogP contribution is 2.38. The van der Waals surface area contributed by atoms with Crippen LogP contribution in [0.2, 0.25) is 0 Å². The lowest BCUT2D eigenvalue weighted by Gasteiger charge is -2.17. The first-order valence-electron chi connectivity index (χ1n) is 8.25. The molecular weight excluding hydrogens is 274 g/mol. The average Bonchev–Trinajstić information content (AvgIpc) is 3.24. The molecule has 0 bridgehead atoms. The molecule has 0 unspecified atom stereocenters. The van der Waals surface area contributed by atoms with Crippen molar-refractivity contribution < 1.29 is 4.74 Å². The number of aromatic nitrogens is 2. The SMILES string of the molecule is COc1cc2c(cc1-c1nccn1[C@@H]1CC[C@H](N)C1)CCC2. The number of nitrogens with two attached hydrogens (primary N) is 1. The number of rotatable bonds is 3. The summed E-state index contributed by atoms with van der Waals surface area (Å²) in [5.41, 5.74) is 10.1. The number of aryl methyl sites for hydroxylation is 2. The first-order chi connectivity index (χ1) is 10.8. The number of nitrogens with zero attached hydrogens (tertiary/aromatic N) is 2. The highest BCUT2D eigenvalue weighted by Gasteiger charge is 2.26. The molecule has 4 nitrogen and oxygen atoms in total. The molecule has 1 heterocycles. The molecule has 0 radical (unpaired) electrons. The monoisotopic (exact) mass is 297 g/mol. The molecule has 1 aromatic heterocycles. The van der Waals surface area contributed by atoms with Gasteiger partial charge in [0.25, 0.3) is 0 Å². The molecule has 1 aromatic carbocycles. The van der Waals surface area contributed by atoms with Crippen LogP contribution in [0.1, 0.15) is 42.9 Å². The summed E-state index contributed by atoms with van der Waals surface area (Å²) in [5.74, 6) is 1.96. The minimum absolute atomic E-state index is 0.321. The second-order valence-corrected chi connectivity index (χ2v) is 6.56. The van der Waals surface area contributed by atoms with Gasteiger partial charge >= 0.3 is 0 Å². The molecule has 22 heavy (non-hydrogen) atoms. The molecule has 1 saturated carbocycles. The van der Waals surface area contributed by atoms with Crippen LogP contribution < -0.4 is 10.5 Å². The normalized spacial score (nSPS) is 23.7. The summed E-state index contributed by atoms with van der Waals surface area (Å²) >= 11 is 0. The van der Waals surface area contributed by atoms with Gasteiger partial charge in [0.1, 0.15) is 11.6 Å². The number of imidazole rings is 1. The largest absolute Gasteiger partial charge is 0.496 e. The van der Waals surface area contributed by atoms with Crippen molar-refractivity contribution in [3.8, 4) is 17.1 Å². The summed E-state index contributed by atoms with van der Waals surface area (Å²) in [4.78, 5) is 4.63. The van der Waals surface area contributed by atoms with Crippen LogP contribution in [-0.2, 0) is 12.8 Å². The van der Waals surface area contributed by atoms with E-state index in [1.165, 1.54) is 24.0 Å². The Bertz CT molecular complexity index is 692. The molecule has 0 saturated heterocycles. The summed E-state index contributed by atoms with van der Waals surface area (Å²) in [7, 11) is 1.75.